The molecule has 0 aliphatic carbocycles. The number of carbonyl (C=O) groups excluding carboxylic acids is 1. The van der Waals surface area contributed by atoms with Crippen LogP contribution in [0.2, 0.25) is 5.02 Å². The molecule has 0 aliphatic heterocycles. The van der Waals surface area contributed by atoms with E-state index in [9.17, 15) is 9.18 Å². The molecule has 0 fully saturated rings. The average Bonchev–Trinajstić information content (AvgIpc) is 2.67. The second kappa shape index (κ2) is 4.65. The van der Waals surface area contributed by atoms with Crippen LogP contribution in [0.25, 0.3) is 11.0 Å². The molecule has 0 bridgehead atoms. The second-order valence-electron chi connectivity index (χ2n) is 4.68. The predicted molar refractivity (Wildman–Crippen MR) is 72.8 cm³/mol. The van der Waals surface area contributed by atoms with Gasteiger partial charge in [-0.2, -0.15) is 0 Å². The fourth-order valence-corrected chi connectivity index (χ4v) is 2.28. The van der Waals surface area contributed by atoms with Crippen LogP contribution in [0, 0.1) is 5.82 Å². The van der Waals surface area contributed by atoms with Gasteiger partial charge in [-0.1, -0.05) is 11.6 Å². The number of hydrogen-bond donors (Lipinski definition) is 1. The molecule has 0 radical (unpaired) electrons. The third-order valence-electron chi connectivity index (χ3n) is 3.05. The summed E-state index contributed by atoms with van der Waals surface area (Å²) in [7, 11) is 0. The zero-order valence-electron chi connectivity index (χ0n) is 10.4. The van der Waals surface area contributed by atoms with Crippen LogP contribution < -0.4 is 5.73 Å². The van der Waals surface area contributed by atoms with Gasteiger partial charge in [-0.15, -0.1) is 11.6 Å². The summed E-state index contributed by atoms with van der Waals surface area (Å²) in [5.74, 6) is -0.641. The van der Waals surface area contributed by atoms with Crippen molar-refractivity contribution in [3.05, 3.63) is 28.8 Å². The maximum Gasteiger partial charge on any atom is 0.243 e. The van der Waals surface area contributed by atoms with Crippen LogP contribution in [0.1, 0.15) is 19.7 Å². The lowest BCUT2D eigenvalue weighted by molar-refractivity contribution is -0.125. The van der Waals surface area contributed by atoms with Gasteiger partial charge in [0.2, 0.25) is 5.91 Å². The van der Waals surface area contributed by atoms with Gasteiger partial charge >= 0.3 is 0 Å². The molecule has 2 N–H and O–H groups in total. The zero-order valence-corrected chi connectivity index (χ0v) is 11.9. The summed E-state index contributed by atoms with van der Waals surface area (Å²) in [5, 5.41) is -0.0323. The highest BCUT2D eigenvalue weighted by molar-refractivity contribution is 6.31. The zero-order chi connectivity index (χ0) is 14.4. The molecular weight excluding hydrogens is 292 g/mol. The number of carbonyl (C=O) groups is 1. The van der Waals surface area contributed by atoms with Gasteiger partial charge in [0, 0.05) is 6.07 Å². The summed E-state index contributed by atoms with van der Waals surface area (Å²) in [6, 6.07) is 2.63. The average molecular weight is 304 g/mol. The first kappa shape index (κ1) is 14.1. The van der Waals surface area contributed by atoms with E-state index in [0.717, 1.165) is 0 Å². The normalized spacial score (nSPS) is 12.1. The topological polar surface area (TPSA) is 60.9 Å². The van der Waals surface area contributed by atoms with Crippen LogP contribution >= 0.6 is 23.2 Å². The summed E-state index contributed by atoms with van der Waals surface area (Å²) < 4.78 is 15.1. The van der Waals surface area contributed by atoms with Crippen LogP contribution in [0.3, 0.4) is 0 Å². The third kappa shape index (κ3) is 2.17. The Kier molecular flexibility index (Phi) is 3.45. The van der Waals surface area contributed by atoms with Gasteiger partial charge in [0.15, 0.2) is 0 Å². The summed E-state index contributed by atoms with van der Waals surface area (Å²) >= 11 is 11.6. The van der Waals surface area contributed by atoms with Gasteiger partial charge in [0.25, 0.3) is 0 Å². The van der Waals surface area contributed by atoms with E-state index in [1.165, 1.54) is 16.7 Å². The molecule has 0 spiro atoms. The Morgan fingerprint density at radius 1 is 1.53 bits per heavy atom. The SMILES string of the molecule is CC(C)(C(N)=O)n1c(CCl)nc2cc(Cl)c(F)cc21. The number of benzene rings is 1. The largest absolute Gasteiger partial charge is 0.368 e. The summed E-state index contributed by atoms with van der Waals surface area (Å²) in [4.78, 5) is 15.8. The Morgan fingerprint density at radius 2 is 2.16 bits per heavy atom. The number of nitrogens with zero attached hydrogens (tertiary/aromatic N) is 2. The van der Waals surface area contributed by atoms with Gasteiger partial charge in [0.1, 0.15) is 17.2 Å². The van der Waals surface area contributed by atoms with Crippen molar-refractivity contribution in [2.24, 2.45) is 5.73 Å². The number of amides is 1. The predicted octanol–water partition coefficient (Wildman–Crippen LogP) is 2.79. The van der Waals surface area contributed by atoms with Crippen LogP contribution in [0.5, 0.6) is 0 Å². The number of nitrogens with two attached hydrogens (primary N) is 1. The summed E-state index contributed by atoms with van der Waals surface area (Å²) in [6.45, 7) is 3.25. The van der Waals surface area contributed by atoms with E-state index in [1.54, 1.807) is 13.8 Å². The molecule has 7 heteroatoms. The molecule has 19 heavy (non-hydrogen) atoms. The van der Waals surface area contributed by atoms with Gasteiger partial charge in [-0.3, -0.25) is 4.79 Å². The van der Waals surface area contributed by atoms with E-state index in [1.807, 2.05) is 0 Å². The molecule has 1 heterocycles. The Morgan fingerprint density at radius 3 is 2.68 bits per heavy atom. The maximum absolute atomic E-state index is 13.6. The van der Waals surface area contributed by atoms with Gasteiger partial charge < -0.3 is 10.3 Å². The van der Waals surface area contributed by atoms with Crippen molar-refractivity contribution >= 4 is 40.1 Å². The molecule has 1 aromatic heterocycles. The smallest absolute Gasteiger partial charge is 0.243 e. The first-order valence-electron chi connectivity index (χ1n) is 5.51. The molecule has 0 unspecified atom stereocenters. The Hall–Kier alpha value is -1.33. The van der Waals surface area contributed by atoms with E-state index >= 15 is 0 Å². The Labute approximate surface area is 119 Å². The summed E-state index contributed by atoms with van der Waals surface area (Å²) in [5.41, 5.74) is 5.22. The number of halogens is 3. The van der Waals surface area contributed by atoms with E-state index in [4.69, 9.17) is 28.9 Å². The maximum atomic E-state index is 13.6. The molecule has 0 saturated carbocycles. The lowest BCUT2D eigenvalue weighted by Gasteiger charge is -2.25. The van der Waals surface area contributed by atoms with Gasteiger partial charge in [-0.05, 0) is 19.9 Å². The molecule has 0 aliphatic rings. The van der Waals surface area contributed by atoms with Crippen molar-refractivity contribution in [1.29, 1.82) is 0 Å². The van der Waals surface area contributed by atoms with Gasteiger partial charge in [0.05, 0.1) is 21.9 Å². The highest BCUT2D eigenvalue weighted by atomic mass is 35.5. The molecule has 1 amide bonds. The van der Waals surface area contributed by atoms with E-state index in [0.29, 0.717) is 16.9 Å². The fourth-order valence-electron chi connectivity index (χ4n) is 1.95. The lowest BCUT2D eigenvalue weighted by Crippen LogP contribution is -2.41. The minimum absolute atomic E-state index is 0.0323. The molecule has 0 atom stereocenters. The van der Waals surface area contributed by atoms with Crippen LogP contribution in [0.15, 0.2) is 12.1 Å². The van der Waals surface area contributed by atoms with Crippen molar-refractivity contribution in [1.82, 2.24) is 9.55 Å². The second-order valence-corrected chi connectivity index (χ2v) is 5.35. The number of imidazole rings is 1. The quantitative estimate of drug-likeness (QED) is 0.886. The van der Waals surface area contributed by atoms with Crippen molar-refractivity contribution in [3.63, 3.8) is 0 Å². The summed E-state index contributed by atoms with van der Waals surface area (Å²) in [6.07, 6.45) is 0. The molecule has 102 valence electrons. The first-order chi connectivity index (χ1) is 8.78. The lowest BCUT2D eigenvalue weighted by atomic mass is 10.0. The molecule has 2 rings (SSSR count). The number of primary amides is 1. The molecule has 4 nitrogen and oxygen atoms in total. The highest BCUT2D eigenvalue weighted by Gasteiger charge is 2.31. The molecule has 1 aromatic carbocycles. The van der Waals surface area contributed by atoms with E-state index < -0.39 is 17.3 Å². The Bertz CT molecular complexity index is 667. The van der Waals surface area contributed by atoms with Gasteiger partial charge in [-0.25, -0.2) is 9.37 Å². The first-order valence-corrected chi connectivity index (χ1v) is 6.43. The minimum Gasteiger partial charge on any atom is -0.368 e. The van der Waals surface area contributed by atoms with Crippen molar-refractivity contribution in [3.8, 4) is 0 Å². The molecule has 2 aromatic rings. The van der Waals surface area contributed by atoms with Crippen molar-refractivity contribution in [2.45, 2.75) is 25.3 Å². The highest BCUT2D eigenvalue weighted by Crippen LogP contribution is 2.29. The molecular formula is C12H12Cl2FN3O. The Balaban J connectivity index is 2.85. The monoisotopic (exact) mass is 303 g/mol. The minimum atomic E-state index is -1.07. The number of alkyl halides is 1. The molecule has 0 saturated heterocycles. The van der Waals surface area contributed by atoms with Crippen LogP contribution in [-0.2, 0) is 16.2 Å². The number of hydrogen-bond acceptors (Lipinski definition) is 2. The van der Waals surface area contributed by atoms with Crippen molar-refractivity contribution < 1.29 is 9.18 Å². The number of rotatable bonds is 3. The van der Waals surface area contributed by atoms with Crippen molar-refractivity contribution in [2.75, 3.05) is 0 Å². The van der Waals surface area contributed by atoms with E-state index in [-0.39, 0.29) is 10.9 Å². The van der Waals surface area contributed by atoms with Crippen LogP contribution in [-0.4, -0.2) is 15.5 Å². The number of fused-ring (bicyclic) bond motifs is 1. The van der Waals surface area contributed by atoms with Crippen LogP contribution in [0.4, 0.5) is 4.39 Å². The standard InChI is InChI=1S/C12H12Cl2FN3O/c1-12(2,11(16)19)18-9-4-7(15)6(14)3-8(9)17-10(18)5-13/h3-4H,5H2,1-2H3,(H2,16,19). The number of aromatic nitrogens is 2. The van der Waals surface area contributed by atoms with E-state index in [2.05, 4.69) is 4.98 Å². The fraction of sp³-hybridized carbons (Fsp3) is 0.333. The third-order valence-corrected chi connectivity index (χ3v) is 3.58.